The predicted molar refractivity (Wildman–Crippen MR) is 93.4 cm³/mol. The Balaban J connectivity index is 2.02. The van der Waals surface area contributed by atoms with Crippen molar-refractivity contribution in [2.75, 3.05) is 34.3 Å². The maximum Gasteiger partial charge on any atom is 0.350 e. The van der Waals surface area contributed by atoms with Crippen LogP contribution in [0.15, 0.2) is 18.2 Å². The number of benzene rings is 1. The summed E-state index contributed by atoms with van der Waals surface area (Å²) in [6, 6.07) is 4.00. The van der Waals surface area contributed by atoms with E-state index in [2.05, 4.69) is 0 Å². The van der Waals surface area contributed by atoms with Crippen LogP contribution in [0.25, 0.3) is 10.1 Å². The topological polar surface area (TPSA) is 66.9 Å². The summed E-state index contributed by atoms with van der Waals surface area (Å²) in [5.74, 6) is -1.98. The quantitative estimate of drug-likeness (QED) is 0.740. The lowest BCUT2D eigenvalue weighted by Crippen LogP contribution is -2.39. The molecule has 0 unspecified atom stereocenters. The number of esters is 1. The van der Waals surface area contributed by atoms with Crippen LogP contribution in [0.5, 0.6) is 0 Å². The van der Waals surface area contributed by atoms with Gasteiger partial charge < -0.3 is 14.5 Å². The van der Waals surface area contributed by atoms with Gasteiger partial charge >= 0.3 is 5.97 Å². The molecule has 134 valence electrons. The number of ether oxygens (including phenoxy) is 1. The Morgan fingerprint density at radius 2 is 1.88 bits per heavy atom. The molecule has 2 amide bonds. The number of hydrogen-bond donors (Lipinski definition) is 0. The molecule has 0 aliphatic heterocycles. The summed E-state index contributed by atoms with van der Waals surface area (Å²) in [6.45, 7) is -0.638. The molecule has 0 aliphatic rings. The fraction of sp³-hybridized carbons (Fsp3) is 0.312. The van der Waals surface area contributed by atoms with Crippen molar-refractivity contribution in [1.82, 2.24) is 9.80 Å². The van der Waals surface area contributed by atoms with Crippen molar-refractivity contribution in [2.45, 2.75) is 0 Å². The fourth-order valence-electron chi connectivity index (χ4n) is 1.91. The molecule has 2 rings (SSSR count). The Labute approximate surface area is 152 Å². The summed E-state index contributed by atoms with van der Waals surface area (Å²) in [5, 5.41) is 0.702. The summed E-state index contributed by atoms with van der Waals surface area (Å²) in [5.41, 5.74) is 0. The molecule has 0 bridgehead atoms. The van der Waals surface area contributed by atoms with E-state index < -0.39 is 24.3 Å². The van der Waals surface area contributed by atoms with Gasteiger partial charge in [-0.05, 0) is 18.2 Å². The molecule has 0 N–H and O–H groups in total. The third kappa shape index (κ3) is 4.46. The first-order valence-electron chi connectivity index (χ1n) is 7.19. The van der Waals surface area contributed by atoms with Crippen molar-refractivity contribution in [2.24, 2.45) is 0 Å². The van der Waals surface area contributed by atoms with Crippen molar-refractivity contribution in [3.8, 4) is 0 Å². The van der Waals surface area contributed by atoms with E-state index in [1.165, 1.54) is 30.1 Å². The molecular formula is C16H16ClFN2O4S. The number of hydrogen-bond acceptors (Lipinski definition) is 5. The maximum atomic E-state index is 13.2. The van der Waals surface area contributed by atoms with E-state index in [0.29, 0.717) is 10.1 Å². The number of rotatable bonds is 5. The van der Waals surface area contributed by atoms with Crippen LogP contribution < -0.4 is 0 Å². The fourth-order valence-corrected chi connectivity index (χ4v) is 3.33. The second-order valence-corrected chi connectivity index (χ2v) is 6.93. The molecule has 1 aromatic heterocycles. The summed E-state index contributed by atoms with van der Waals surface area (Å²) in [4.78, 5) is 38.3. The minimum atomic E-state index is -0.771. The Morgan fingerprint density at radius 1 is 1.20 bits per heavy atom. The smallest absolute Gasteiger partial charge is 0.350 e. The largest absolute Gasteiger partial charge is 0.451 e. The van der Waals surface area contributed by atoms with Crippen LogP contribution in [-0.4, -0.2) is 61.9 Å². The van der Waals surface area contributed by atoms with E-state index in [9.17, 15) is 18.8 Å². The third-order valence-corrected chi connectivity index (χ3v) is 5.04. The van der Waals surface area contributed by atoms with Gasteiger partial charge in [-0.3, -0.25) is 9.59 Å². The number of thiophene rings is 1. The van der Waals surface area contributed by atoms with Gasteiger partial charge in [0.05, 0.1) is 11.6 Å². The lowest BCUT2D eigenvalue weighted by molar-refractivity contribution is -0.139. The van der Waals surface area contributed by atoms with Crippen LogP contribution in [0.3, 0.4) is 0 Å². The van der Waals surface area contributed by atoms with Gasteiger partial charge in [0.2, 0.25) is 5.91 Å². The highest BCUT2D eigenvalue weighted by Crippen LogP contribution is 2.36. The highest BCUT2D eigenvalue weighted by Gasteiger charge is 2.21. The van der Waals surface area contributed by atoms with Crippen LogP contribution in [0.1, 0.15) is 9.67 Å². The molecule has 0 saturated carbocycles. The van der Waals surface area contributed by atoms with Crippen molar-refractivity contribution in [3.63, 3.8) is 0 Å². The molecule has 2 aromatic rings. The van der Waals surface area contributed by atoms with E-state index in [-0.39, 0.29) is 22.4 Å². The minimum Gasteiger partial charge on any atom is -0.451 e. The van der Waals surface area contributed by atoms with E-state index in [1.54, 1.807) is 14.1 Å². The highest BCUT2D eigenvalue weighted by atomic mass is 35.5. The molecule has 0 radical (unpaired) electrons. The van der Waals surface area contributed by atoms with Crippen molar-refractivity contribution in [1.29, 1.82) is 0 Å². The maximum absolute atomic E-state index is 13.2. The number of carbonyl (C=O) groups is 3. The first-order valence-corrected chi connectivity index (χ1v) is 8.39. The predicted octanol–water partition coefficient (Wildman–Crippen LogP) is 2.40. The number of likely N-dealkylation sites (N-methyl/N-ethyl adjacent to an activating group) is 2. The molecule has 0 atom stereocenters. The average molecular weight is 387 g/mol. The zero-order valence-corrected chi connectivity index (χ0v) is 15.4. The summed E-state index contributed by atoms with van der Waals surface area (Å²) in [7, 11) is 4.59. The number of fused-ring (bicyclic) bond motifs is 1. The molecule has 0 saturated heterocycles. The SMILES string of the molecule is CN(C)C(=O)CN(C)C(=O)COC(=O)c1sc2cc(F)ccc2c1Cl. The number of amides is 2. The molecule has 25 heavy (non-hydrogen) atoms. The molecule has 1 aromatic carbocycles. The number of nitrogens with zero attached hydrogens (tertiary/aromatic N) is 2. The normalized spacial score (nSPS) is 10.6. The molecule has 0 fully saturated rings. The number of halogens is 2. The zero-order valence-electron chi connectivity index (χ0n) is 13.8. The highest BCUT2D eigenvalue weighted by molar-refractivity contribution is 7.21. The zero-order chi connectivity index (χ0) is 18.7. The third-order valence-electron chi connectivity index (χ3n) is 3.40. The van der Waals surface area contributed by atoms with Crippen molar-refractivity contribution in [3.05, 3.63) is 33.9 Å². The van der Waals surface area contributed by atoms with E-state index in [1.807, 2.05) is 0 Å². The molecular weight excluding hydrogens is 371 g/mol. The van der Waals surface area contributed by atoms with Gasteiger partial charge in [-0.2, -0.15) is 0 Å². The molecule has 6 nitrogen and oxygen atoms in total. The second-order valence-electron chi connectivity index (χ2n) is 5.50. The van der Waals surface area contributed by atoms with Gasteiger partial charge in [0, 0.05) is 31.2 Å². The first-order chi connectivity index (χ1) is 11.7. The molecule has 1 heterocycles. The van der Waals surface area contributed by atoms with Gasteiger partial charge in [0.25, 0.3) is 5.91 Å². The van der Waals surface area contributed by atoms with Crippen LogP contribution in [0.2, 0.25) is 5.02 Å². The van der Waals surface area contributed by atoms with Crippen molar-refractivity contribution < 1.29 is 23.5 Å². The van der Waals surface area contributed by atoms with E-state index in [4.69, 9.17) is 16.3 Å². The van der Waals surface area contributed by atoms with Crippen LogP contribution in [-0.2, 0) is 14.3 Å². The molecule has 0 spiro atoms. The van der Waals surface area contributed by atoms with Gasteiger partial charge in [0.15, 0.2) is 6.61 Å². The summed E-state index contributed by atoms with van der Waals surface area (Å²) >= 11 is 7.12. The minimum absolute atomic E-state index is 0.0992. The Bertz CT molecular complexity index is 837. The van der Waals surface area contributed by atoms with Gasteiger partial charge in [0.1, 0.15) is 10.7 Å². The Morgan fingerprint density at radius 3 is 2.52 bits per heavy atom. The Kier molecular flexibility index (Phi) is 5.97. The molecule has 0 aliphatic carbocycles. The second kappa shape index (κ2) is 7.79. The monoisotopic (exact) mass is 386 g/mol. The van der Waals surface area contributed by atoms with E-state index >= 15 is 0 Å². The first kappa shape index (κ1) is 19.1. The lowest BCUT2D eigenvalue weighted by Gasteiger charge is -2.19. The Hall–Kier alpha value is -2.19. The van der Waals surface area contributed by atoms with Gasteiger partial charge in [-0.25, -0.2) is 9.18 Å². The van der Waals surface area contributed by atoms with E-state index in [0.717, 1.165) is 16.2 Å². The standard InChI is InChI=1S/C16H16ClFN2O4S/c1-19(2)12(21)7-20(3)13(22)8-24-16(23)15-14(17)10-5-4-9(18)6-11(10)25-15/h4-6H,7-8H2,1-3H3. The lowest BCUT2D eigenvalue weighted by atomic mass is 10.2. The van der Waals surface area contributed by atoms with Crippen LogP contribution in [0, 0.1) is 5.82 Å². The summed E-state index contributed by atoms with van der Waals surface area (Å²) in [6.07, 6.45) is 0. The number of carbonyl (C=O) groups excluding carboxylic acids is 3. The van der Waals surface area contributed by atoms with Crippen LogP contribution >= 0.6 is 22.9 Å². The van der Waals surface area contributed by atoms with Crippen molar-refractivity contribution >= 4 is 50.8 Å². The van der Waals surface area contributed by atoms with Crippen LogP contribution in [0.4, 0.5) is 4.39 Å². The average Bonchev–Trinajstić information content (AvgIpc) is 2.88. The van der Waals surface area contributed by atoms with Gasteiger partial charge in [-0.1, -0.05) is 11.6 Å². The summed E-state index contributed by atoms with van der Waals surface area (Å²) < 4.78 is 18.7. The molecule has 9 heteroatoms. The van der Waals surface area contributed by atoms with Gasteiger partial charge in [-0.15, -0.1) is 11.3 Å².